The van der Waals surface area contributed by atoms with E-state index in [9.17, 15) is 9.59 Å². The van der Waals surface area contributed by atoms with Crippen molar-refractivity contribution in [3.8, 4) is 0 Å². The van der Waals surface area contributed by atoms with E-state index in [1.165, 1.54) is 18.7 Å². The lowest BCUT2D eigenvalue weighted by molar-refractivity contribution is -0.114. The van der Waals surface area contributed by atoms with Gasteiger partial charge in [0.2, 0.25) is 5.91 Å². The van der Waals surface area contributed by atoms with Gasteiger partial charge in [0, 0.05) is 35.8 Å². The average molecular weight is 413 g/mol. The van der Waals surface area contributed by atoms with E-state index in [2.05, 4.69) is 20.6 Å². The summed E-state index contributed by atoms with van der Waals surface area (Å²) in [7, 11) is 0. The molecule has 28 heavy (non-hydrogen) atoms. The van der Waals surface area contributed by atoms with Crippen molar-refractivity contribution >= 4 is 46.7 Å². The van der Waals surface area contributed by atoms with Crippen molar-refractivity contribution in [2.24, 2.45) is 0 Å². The topological polar surface area (TPSA) is 84.0 Å². The molecule has 3 rings (SSSR count). The second kappa shape index (κ2) is 9.34. The summed E-state index contributed by atoms with van der Waals surface area (Å²) in [6.45, 7) is 1.43. The number of nitrogens with zero attached hydrogens (tertiary/aromatic N) is 2. The lowest BCUT2D eigenvalue weighted by Gasteiger charge is -2.10. The lowest BCUT2D eigenvalue weighted by atomic mass is 10.2. The van der Waals surface area contributed by atoms with E-state index < -0.39 is 0 Å². The first-order chi connectivity index (χ1) is 13.5. The van der Waals surface area contributed by atoms with E-state index in [-0.39, 0.29) is 11.8 Å². The Labute approximate surface area is 171 Å². The van der Waals surface area contributed by atoms with Gasteiger partial charge in [0.25, 0.3) is 5.91 Å². The standard InChI is InChI=1S/C20H17ClN4O2S/c1-13(26)24-18-10-14(7-9-22-18)12-28-20-17(6-3-8-23-20)19(27)25-16-5-2-4-15(21)11-16/h2-11H,12H2,1H3,(H,25,27)(H,22,24,26). The van der Waals surface area contributed by atoms with Gasteiger partial charge in [0.15, 0.2) is 0 Å². The van der Waals surface area contributed by atoms with Crippen LogP contribution >= 0.6 is 23.4 Å². The van der Waals surface area contributed by atoms with Gasteiger partial charge in [-0.1, -0.05) is 17.7 Å². The summed E-state index contributed by atoms with van der Waals surface area (Å²) in [6.07, 6.45) is 3.28. The Kier molecular flexibility index (Phi) is 6.62. The first-order valence-corrected chi connectivity index (χ1v) is 9.75. The third-order valence-electron chi connectivity index (χ3n) is 3.60. The third-order valence-corrected chi connectivity index (χ3v) is 4.91. The van der Waals surface area contributed by atoms with E-state index >= 15 is 0 Å². The summed E-state index contributed by atoms with van der Waals surface area (Å²) < 4.78 is 0. The second-order valence-electron chi connectivity index (χ2n) is 5.84. The fourth-order valence-corrected chi connectivity index (χ4v) is 3.53. The number of anilines is 2. The van der Waals surface area contributed by atoms with Crippen LogP contribution in [0.1, 0.15) is 22.8 Å². The predicted octanol–water partition coefficient (Wildman–Crippen LogP) is 4.63. The van der Waals surface area contributed by atoms with Crippen molar-refractivity contribution in [1.82, 2.24) is 9.97 Å². The molecule has 0 spiro atoms. The molecule has 0 aliphatic rings. The van der Waals surface area contributed by atoms with Gasteiger partial charge in [-0.15, -0.1) is 11.8 Å². The molecule has 2 amide bonds. The van der Waals surface area contributed by atoms with E-state index in [0.717, 1.165) is 5.56 Å². The van der Waals surface area contributed by atoms with Crippen molar-refractivity contribution in [3.05, 3.63) is 77.1 Å². The first-order valence-electron chi connectivity index (χ1n) is 8.38. The van der Waals surface area contributed by atoms with Crippen LogP contribution in [0.4, 0.5) is 11.5 Å². The summed E-state index contributed by atoms with van der Waals surface area (Å²) in [6, 6.07) is 14.1. The molecule has 0 aliphatic heterocycles. The maximum atomic E-state index is 12.7. The fourth-order valence-electron chi connectivity index (χ4n) is 2.41. The van der Waals surface area contributed by atoms with Gasteiger partial charge >= 0.3 is 0 Å². The number of nitrogens with one attached hydrogen (secondary N) is 2. The average Bonchev–Trinajstić information content (AvgIpc) is 2.66. The van der Waals surface area contributed by atoms with Crippen LogP contribution in [0.3, 0.4) is 0 Å². The number of aromatic nitrogens is 2. The monoisotopic (exact) mass is 412 g/mol. The minimum absolute atomic E-state index is 0.179. The van der Waals surface area contributed by atoms with Crippen LogP contribution in [0.25, 0.3) is 0 Å². The molecular formula is C20H17ClN4O2S. The molecule has 2 heterocycles. The Bertz CT molecular complexity index is 1010. The van der Waals surface area contributed by atoms with E-state index in [0.29, 0.717) is 32.9 Å². The van der Waals surface area contributed by atoms with Gasteiger partial charge in [-0.3, -0.25) is 9.59 Å². The summed E-state index contributed by atoms with van der Waals surface area (Å²) in [4.78, 5) is 32.3. The molecule has 0 atom stereocenters. The molecule has 8 heteroatoms. The summed E-state index contributed by atoms with van der Waals surface area (Å²) in [5.41, 5.74) is 2.05. The second-order valence-corrected chi connectivity index (χ2v) is 7.24. The number of carbonyl (C=O) groups excluding carboxylic acids is 2. The SMILES string of the molecule is CC(=O)Nc1cc(CSc2ncccc2C(=O)Nc2cccc(Cl)c2)ccn1. The summed E-state index contributed by atoms with van der Waals surface area (Å²) in [5.74, 6) is 0.628. The molecule has 0 fully saturated rings. The van der Waals surface area contributed by atoms with Crippen LogP contribution < -0.4 is 10.6 Å². The molecule has 0 aliphatic carbocycles. The normalized spacial score (nSPS) is 10.4. The molecule has 0 saturated heterocycles. The van der Waals surface area contributed by atoms with Gasteiger partial charge < -0.3 is 10.6 Å². The van der Waals surface area contributed by atoms with Crippen LogP contribution in [0.5, 0.6) is 0 Å². The highest BCUT2D eigenvalue weighted by Crippen LogP contribution is 2.26. The van der Waals surface area contributed by atoms with Crippen LogP contribution in [0.2, 0.25) is 5.02 Å². The van der Waals surface area contributed by atoms with Gasteiger partial charge in [-0.2, -0.15) is 0 Å². The maximum Gasteiger partial charge on any atom is 0.258 e. The first kappa shape index (κ1) is 19.9. The number of amides is 2. The third kappa shape index (κ3) is 5.55. The Morgan fingerprint density at radius 2 is 1.89 bits per heavy atom. The van der Waals surface area contributed by atoms with Crippen LogP contribution in [0, 0.1) is 0 Å². The summed E-state index contributed by atoms with van der Waals surface area (Å²) in [5, 5.41) is 6.65. The molecule has 2 N–H and O–H groups in total. The van der Waals surface area contributed by atoms with E-state index in [1.807, 2.05) is 6.07 Å². The molecular weight excluding hydrogens is 396 g/mol. The van der Waals surface area contributed by atoms with Gasteiger partial charge in [0.1, 0.15) is 10.8 Å². The lowest BCUT2D eigenvalue weighted by Crippen LogP contribution is -2.13. The smallest absolute Gasteiger partial charge is 0.258 e. The fraction of sp³-hybridized carbons (Fsp3) is 0.100. The zero-order valence-corrected chi connectivity index (χ0v) is 16.6. The minimum atomic E-state index is -0.258. The van der Waals surface area contributed by atoms with Crippen LogP contribution in [-0.4, -0.2) is 21.8 Å². The molecule has 2 aromatic heterocycles. The number of hydrogen-bond acceptors (Lipinski definition) is 5. The number of hydrogen-bond donors (Lipinski definition) is 2. The van der Waals surface area contributed by atoms with Gasteiger partial charge in [-0.25, -0.2) is 9.97 Å². The maximum absolute atomic E-state index is 12.7. The zero-order chi connectivity index (χ0) is 19.9. The highest BCUT2D eigenvalue weighted by molar-refractivity contribution is 7.98. The van der Waals surface area contributed by atoms with Crippen molar-refractivity contribution in [1.29, 1.82) is 0 Å². The Hall–Kier alpha value is -2.90. The van der Waals surface area contributed by atoms with Crippen molar-refractivity contribution < 1.29 is 9.59 Å². The molecule has 0 saturated carbocycles. The highest BCUT2D eigenvalue weighted by atomic mass is 35.5. The Morgan fingerprint density at radius 3 is 2.68 bits per heavy atom. The van der Waals surface area contributed by atoms with Crippen LogP contribution in [-0.2, 0) is 10.5 Å². The minimum Gasteiger partial charge on any atom is -0.322 e. The van der Waals surface area contributed by atoms with E-state index in [4.69, 9.17) is 11.6 Å². The molecule has 3 aromatic rings. The Balaban J connectivity index is 1.72. The van der Waals surface area contributed by atoms with Gasteiger partial charge in [-0.05, 0) is 48.0 Å². The quantitative estimate of drug-likeness (QED) is 0.576. The molecule has 0 bridgehead atoms. The predicted molar refractivity (Wildman–Crippen MR) is 112 cm³/mol. The van der Waals surface area contributed by atoms with Gasteiger partial charge in [0.05, 0.1) is 5.56 Å². The van der Waals surface area contributed by atoms with Crippen molar-refractivity contribution in [3.63, 3.8) is 0 Å². The van der Waals surface area contributed by atoms with Crippen LogP contribution in [0.15, 0.2) is 66.0 Å². The number of benzene rings is 1. The van der Waals surface area contributed by atoms with E-state index in [1.54, 1.807) is 54.9 Å². The number of thioether (sulfide) groups is 1. The molecule has 0 unspecified atom stereocenters. The highest BCUT2D eigenvalue weighted by Gasteiger charge is 2.13. The zero-order valence-electron chi connectivity index (χ0n) is 15.0. The molecule has 142 valence electrons. The summed E-state index contributed by atoms with van der Waals surface area (Å²) >= 11 is 7.40. The van der Waals surface area contributed by atoms with Crippen molar-refractivity contribution in [2.45, 2.75) is 17.7 Å². The van der Waals surface area contributed by atoms with Crippen molar-refractivity contribution in [2.75, 3.05) is 10.6 Å². The number of pyridine rings is 2. The molecule has 1 aromatic carbocycles. The number of carbonyl (C=O) groups is 2. The number of halogens is 1. The molecule has 6 nitrogen and oxygen atoms in total. The molecule has 0 radical (unpaired) electrons. The Morgan fingerprint density at radius 1 is 1.04 bits per heavy atom. The largest absolute Gasteiger partial charge is 0.322 e. The number of rotatable bonds is 6.